The summed E-state index contributed by atoms with van der Waals surface area (Å²) in [6, 6.07) is -0.795. The summed E-state index contributed by atoms with van der Waals surface area (Å²) in [4.78, 5) is 29.4. The minimum absolute atomic E-state index is 0.0964. The van der Waals surface area contributed by atoms with Crippen LogP contribution in [0.15, 0.2) is 11.9 Å². The Balaban J connectivity index is 2.56. The lowest BCUT2D eigenvalue weighted by atomic mass is 10.2. The molecular weight excluding hydrogens is 237 g/mol. The van der Waals surface area contributed by atoms with Crippen molar-refractivity contribution in [2.24, 2.45) is 0 Å². The summed E-state index contributed by atoms with van der Waals surface area (Å²) in [6.07, 6.45) is 0.651. The van der Waals surface area contributed by atoms with Crippen LogP contribution in [0.2, 0.25) is 0 Å². The van der Waals surface area contributed by atoms with Crippen molar-refractivity contribution in [2.45, 2.75) is 18.6 Å². The van der Waals surface area contributed by atoms with Gasteiger partial charge in [-0.05, 0) is 0 Å². The van der Waals surface area contributed by atoms with Crippen LogP contribution in [0.25, 0.3) is 0 Å². The molecule has 0 radical (unpaired) electrons. The van der Waals surface area contributed by atoms with Crippen LogP contribution in [0.4, 0.5) is 0 Å². The van der Waals surface area contributed by atoms with Crippen molar-refractivity contribution in [1.82, 2.24) is 4.90 Å². The molecule has 1 heterocycles. The number of β-amino-alcohol motifs (C(OH)–C–C–N with tert-alkyl or cyclic N) is 1. The first kappa shape index (κ1) is 13.3. The molecule has 0 aromatic heterocycles. The van der Waals surface area contributed by atoms with Gasteiger partial charge in [0, 0.05) is 25.3 Å². The Bertz CT molecular complexity index is 337. The van der Waals surface area contributed by atoms with Crippen LogP contribution in [0.5, 0.6) is 0 Å². The average molecular weight is 251 g/mol. The van der Waals surface area contributed by atoms with Gasteiger partial charge in [0.05, 0.1) is 6.10 Å². The maximum Gasteiger partial charge on any atom is 0.348 e. The van der Waals surface area contributed by atoms with Gasteiger partial charge in [0.25, 0.3) is 0 Å². The SMILES string of the molecule is O=C(O)[C@@H]1C[C@@H](O)CN1CC=CP(=O)(O)O. The number of carboxylic acids is 1. The van der Waals surface area contributed by atoms with Gasteiger partial charge in [-0.25, -0.2) is 0 Å². The quantitative estimate of drug-likeness (QED) is 0.483. The summed E-state index contributed by atoms with van der Waals surface area (Å²) in [7, 11) is -4.20. The predicted octanol–water partition coefficient (Wildman–Crippen LogP) is -0.802. The summed E-state index contributed by atoms with van der Waals surface area (Å²) in [6.45, 7) is 0.293. The van der Waals surface area contributed by atoms with Crippen molar-refractivity contribution in [3.63, 3.8) is 0 Å². The van der Waals surface area contributed by atoms with Gasteiger partial charge in [-0.15, -0.1) is 0 Å². The van der Waals surface area contributed by atoms with Crippen LogP contribution in [0.3, 0.4) is 0 Å². The fourth-order valence-electron chi connectivity index (χ4n) is 1.66. The third kappa shape index (κ3) is 4.03. The highest BCUT2D eigenvalue weighted by Crippen LogP contribution is 2.35. The van der Waals surface area contributed by atoms with Crippen LogP contribution in [-0.4, -0.2) is 56.1 Å². The van der Waals surface area contributed by atoms with Gasteiger partial charge in [-0.1, -0.05) is 6.08 Å². The van der Waals surface area contributed by atoms with Crippen molar-refractivity contribution < 1.29 is 29.4 Å². The lowest BCUT2D eigenvalue weighted by Crippen LogP contribution is -2.36. The van der Waals surface area contributed by atoms with E-state index in [9.17, 15) is 14.5 Å². The molecule has 7 nitrogen and oxygen atoms in total. The molecule has 0 aliphatic carbocycles. The number of hydrogen-bond donors (Lipinski definition) is 4. The Hall–Kier alpha value is -0.720. The van der Waals surface area contributed by atoms with Gasteiger partial charge in [-0.3, -0.25) is 14.3 Å². The zero-order valence-electron chi connectivity index (χ0n) is 8.43. The van der Waals surface area contributed by atoms with Gasteiger partial charge in [-0.2, -0.15) is 0 Å². The van der Waals surface area contributed by atoms with E-state index in [0.717, 1.165) is 5.82 Å². The molecule has 0 aromatic rings. The highest BCUT2D eigenvalue weighted by molar-refractivity contribution is 7.55. The number of aliphatic hydroxyl groups is 1. The van der Waals surface area contributed by atoms with Crippen LogP contribution < -0.4 is 0 Å². The molecule has 0 spiro atoms. The molecule has 16 heavy (non-hydrogen) atoms. The van der Waals surface area contributed by atoms with Gasteiger partial charge in [0.2, 0.25) is 0 Å². The molecule has 0 bridgehead atoms. The molecule has 1 rings (SSSR count). The number of aliphatic carboxylic acids is 1. The van der Waals surface area contributed by atoms with E-state index in [2.05, 4.69) is 0 Å². The third-order valence-electron chi connectivity index (χ3n) is 2.31. The molecule has 1 aliphatic rings. The van der Waals surface area contributed by atoms with Crippen molar-refractivity contribution in [3.8, 4) is 0 Å². The van der Waals surface area contributed by atoms with Gasteiger partial charge < -0.3 is 20.0 Å². The Kier molecular flexibility index (Phi) is 4.23. The first-order valence-corrected chi connectivity index (χ1v) is 6.35. The van der Waals surface area contributed by atoms with Gasteiger partial charge >= 0.3 is 13.6 Å². The number of nitrogens with zero attached hydrogens (tertiary/aromatic N) is 1. The second-order valence-corrected chi connectivity index (χ2v) is 5.15. The zero-order chi connectivity index (χ0) is 12.3. The first-order valence-electron chi connectivity index (χ1n) is 4.67. The highest BCUT2D eigenvalue weighted by atomic mass is 31.2. The lowest BCUT2D eigenvalue weighted by molar-refractivity contribution is -0.142. The molecule has 1 fully saturated rings. The smallest absolute Gasteiger partial charge is 0.348 e. The summed E-state index contributed by atoms with van der Waals surface area (Å²) in [5, 5.41) is 18.1. The minimum Gasteiger partial charge on any atom is -0.480 e. The standard InChI is InChI=1S/C8H14NO6P/c10-6-4-7(8(11)12)9(5-6)2-1-3-16(13,14)15/h1,3,6-7,10H,2,4-5H2,(H,11,12)(H2,13,14,15)/t6-,7+/m1/s1. The second-order valence-electron chi connectivity index (χ2n) is 3.67. The second kappa shape index (κ2) is 5.07. The monoisotopic (exact) mass is 251 g/mol. The number of carboxylic acid groups (broad SMARTS) is 1. The normalized spacial score (nSPS) is 27.7. The van der Waals surface area contributed by atoms with E-state index in [1.807, 2.05) is 0 Å². The summed E-state index contributed by atoms with van der Waals surface area (Å²) < 4.78 is 10.5. The molecular formula is C8H14NO6P. The van der Waals surface area contributed by atoms with E-state index in [-0.39, 0.29) is 19.5 Å². The molecule has 0 saturated carbocycles. The molecule has 2 atom stereocenters. The minimum atomic E-state index is -4.20. The van der Waals surface area contributed by atoms with Crippen LogP contribution >= 0.6 is 7.60 Å². The van der Waals surface area contributed by atoms with E-state index in [0.29, 0.717) is 0 Å². The topological polar surface area (TPSA) is 118 Å². The third-order valence-corrected chi connectivity index (χ3v) is 2.91. The van der Waals surface area contributed by atoms with Crippen molar-refractivity contribution in [3.05, 3.63) is 11.9 Å². The maximum absolute atomic E-state index is 10.8. The molecule has 92 valence electrons. The Morgan fingerprint density at radius 2 is 2.12 bits per heavy atom. The van der Waals surface area contributed by atoms with E-state index in [1.54, 1.807) is 0 Å². The fraction of sp³-hybridized carbons (Fsp3) is 0.625. The van der Waals surface area contributed by atoms with Crippen molar-refractivity contribution in [1.29, 1.82) is 0 Å². The van der Waals surface area contributed by atoms with E-state index in [1.165, 1.54) is 11.0 Å². The summed E-state index contributed by atoms with van der Waals surface area (Å²) in [5.41, 5.74) is 0. The Morgan fingerprint density at radius 1 is 1.50 bits per heavy atom. The average Bonchev–Trinajstić information content (AvgIpc) is 2.44. The van der Waals surface area contributed by atoms with Crippen LogP contribution in [0.1, 0.15) is 6.42 Å². The highest BCUT2D eigenvalue weighted by Gasteiger charge is 2.35. The Labute approximate surface area is 92.2 Å². The molecule has 4 N–H and O–H groups in total. The maximum atomic E-state index is 10.8. The number of rotatable bonds is 4. The zero-order valence-corrected chi connectivity index (χ0v) is 9.32. The largest absolute Gasteiger partial charge is 0.480 e. The molecule has 0 aromatic carbocycles. The summed E-state index contributed by atoms with van der Waals surface area (Å²) >= 11 is 0. The van der Waals surface area contributed by atoms with Crippen molar-refractivity contribution >= 4 is 13.6 Å². The molecule has 0 unspecified atom stereocenters. The number of likely N-dealkylation sites (tertiary alicyclic amines) is 1. The van der Waals surface area contributed by atoms with Gasteiger partial charge in [0.1, 0.15) is 6.04 Å². The molecule has 8 heteroatoms. The van der Waals surface area contributed by atoms with Crippen LogP contribution in [0, 0.1) is 0 Å². The van der Waals surface area contributed by atoms with E-state index >= 15 is 0 Å². The van der Waals surface area contributed by atoms with E-state index in [4.69, 9.17) is 14.9 Å². The predicted molar refractivity (Wildman–Crippen MR) is 54.8 cm³/mol. The fourth-order valence-corrected chi connectivity index (χ4v) is 2.03. The Morgan fingerprint density at radius 3 is 2.62 bits per heavy atom. The van der Waals surface area contributed by atoms with E-state index < -0.39 is 25.7 Å². The first-order chi connectivity index (χ1) is 7.29. The molecule has 1 saturated heterocycles. The number of hydrogen-bond acceptors (Lipinski definition) is 4. The molecule has 0 amide bonds. The lowest BCUT2D eigenvalue weighted by Gasteiger charge is -2.18. The summed E-state index contributed by atoms with van der Waals surface area (Å²) in [5.74, 6) is -0.308. The van der Waals surface area contributed by atoms with Gasteiger partial charge in [0.15, 0.2) is 0 Å². The van der Waals surface area contributed by atoms with Crippen LogP contribution in [-0.2, 0) is 9.36 Å². The molecule has 1 aliphatic heterocycles. The number of aliphatic hydroxyl groups excluding tert-OH is 1. The van der Waals surface area contributed by atoms with Crippen molar-refractivity contribution in [2.75, 3.05) is 13.1 Å². The number of carbonyl (C=O) groups is 1.